The molecule has 0 atom stereocenters. The van der Waals surface area contributed by atoms with E-state index in [4.69, 9.17) is 0 Å². The quantitative estimate of drug-likeness (QED) is 0.225. The number of ether oxygens (including phenoxy) is 1. The molecule has 0 heterocycles. The Bertz CT molecular complexity index is 1270. The molecule has 0 fully saturated rings. The molecular weight excluding hydrogens is 440 g/mol. The fraction of sp³-hybridized carbons (Fsp3) is 0.241. The molecule has 0 bridgehead atoms. The second-order valence-corrected chi connectivity index (χ2v) is 8.41. The van der Waals surface area contributed by atoms with E-state index in [1.165, 1.54) is 12.1 Å². The van der Waals surface area contributed by atoms with E-state index in [0.717, 1.165) is 30.4 Å². The zero-order valence-electron chi connectivity index (χ0n) is 19.0. The van der Waals surface area contributed by atoms with Crippen LogP contribution in [0.1, 0.15) is 36.5 Å². The van der Waals surface area contributed by atoms with Crippen LogP contribution in [0.2, 0.25) is 0 Å². The van der Waals surface area contributed by atoms with Gasteiger partial charge in [0.1, 0.15) is 17.4 Å². The van der Waals surface area contributed by atoms with Gasteiger partial charge in [0.2, 0.25) is 0 Å². The van der Waals surface area contributed by atoms with Gasteiger partial charge in [0.25, 0.3) is 0 Å². The summed E-state index contributed by atoms with van der Waals surface area (Å²) in [5, 5.41) is 1.20. The molecule has 4 aromatic rings. The first-order valence-corrected chi connectivity index (χ1v) is 11.5. The number of halogens is 4. The molecule has 0 amide bonds. The maximum absolute atomic E-state index is 15.2. The van der Waals surface area contributed by atoms with Gasteiger partial charge in [0, 0.05) is 10.9 Å². The van der Waals surface area contributed by atoms with Crippen molar-refractivity contribution in [3.05, 3.63) is 101 Å². The van der Waals surface area contributed by atoms with Crippen LogP contribution in [0.5, 0.6) is 5.75 Å². The van der Waals surface area contributed by atoms with Crippen LogP contribution in [-0.4, -0.2) is 6.61 Å². The van der Waals surface area contributed by atoms with Crippen LogP contribution in [0.25, 0.3) is 21.9 Å². The molecule has 0 spiro atoms. The molecule has 0 unspecified atom stereocenters. The average Bonchev–Trinajstić information content (AvgIpc) is 2.83. The lowest BCUT2D eigenvalue weighted by Gasteiger charge is -2.11. The van der Waals surface area contributed by atoms with Crippen molar-refractivity contribution in [1.29, 1.82) is 0 Å². The lowest BCUT2D eigenvalue weighted by molar-refractivity contribution is -0.0498. The summed E-state index contributed by atoms with van der Waals surface area (Å²) in [5.74, 6) is -0.467. The van der Waals surface area contributed by atoms with Crippen molar-refractivity contribution in [1.82, 2.24) is 0 Å². The van der Waals surface area contributed by atoms with Gasteiger partial charge in [-0.05, 0) is 77.6 Å². The summed E-state index contributed by atoms with van der Waals surface area (Å²) in [5.41, 5.74) is 3.67. The SMILES string of the molecule is CCCCc1ccc(-c2ccc3c(F)c(CCc4ccc(OC(F)F)cc4)ccc3c2)c(F)c1. The smallest absolute Gasteiger partial charge is 0.387 e. The summed E-state index contributed by atoms with van der Waals surface area (Å²) in [6.07, 6.45) is 3.96. The van der Waals surface area contributed by atoms with Gasteiger partial charge in [-0.1, -0.05) is 61.9 Å². The van der Waals surface area contributed by atoms with Gasteiger partial charge in [-0.15, -0.1) is 0 Å². The van der Waals surface area contributed by atoms with Crippen molar-refractivity contribution in [2.45, 2.75) is 45.6 Å². The van der Waals surface area contributed by atoms with E-state index in [-0.39, 0.29) is 17.4 Å². The van der Waals surface area contributed by atoms with Crippen LogP contribution < -0.4 is 4.74 Å². The van der Waals surface area contributed by atoms with Gasteiger partial charge in [-0.25, -0.2) is 8.78 Å². The van der Waals surface area contributed by atoms with Crippen LogP contribution in [0.15, 0.2) is 72.8 Å². The maximum atomic E-state index is 15.2. The van der Waals surface area contributed by atoms with Crippen molar-refractivity contribution in [3.63, 3.8) is 0 Å². The number of unbranched alkanes of at least 4 members (excludes halogenated alkanes) is 1. The summed E-state index contributed by atoms with van der Waals surface area (Å²) >= 11 is 0. The normalized spacial score (nSPS) is 11.4. The highest BCUT2D eigenvalue weighted by molar-refractivity contribution is 5.88. The summed E-state index contributed by atoms with van der Waals surface area (Å²) < 4.78 is 58.8. The van der Waals surface area contributed by atoms with Gasteiger partial charge in [0.05, 0.1) is 0 Å². The van der Waals surface area contributed by atoms with Crippen molar-refractivity contribution in [3.8, 4) is 16.9 Å². The molecule has 5 heteroatoms. The number of hydrogen-bond acceptors (Lipinski definition) is 1. The Morgan fingerprint density at radius 2 is 1.53 bits per heavy atom. The first-order chi connectivity index (χ1) is 16.4. The molecular formula is C29H26F4O. The molecule has 0 aliphatic carbocycles. The molecule has 1 nitrogen and oxygen atoms in total. The second-order valence-electron chi connectivity index (χ2n) is 8.41. The van der Waals surface area contributed by atoms with Crippen LogP contribution in [0.4, 0.5) is 17.6 Å². The van der Waals surface area contributed by atoms with Crippen LogP contribution in [0, 0.1) is 11.6 Å². The Morgan fingerprint density at radius 3 is 2.24 bits per heavy atom. The van der Waals surface area contributed by atoms with Crippen molar-refractivity contribution >= 4 is 10.8 Å². The van der Waals surface area contributed by atoms with Gasteiger partial charge >= 0.3 is 6.61 Å². The number of fused-ring (bicyclic) bond motifs is 1. The number of benzene rings is 4. The largest absolute Gasteiger partial charge is 0.435 e. The Kier molecular flexibility index (Phi) is 7.51. The molecule has 4 rings (SSSR count). The van der Waals surface area contributed by atoms with E-state index < -0.39 is 6.61 Å². The van der Waals surface area contributed by atoms with Gasteiger partial charge < -0.3 is 4.74 Å². The number of hydrogen-bond donors (Lipinski definition) is 0. The third-order valence-corrected chi connectivity index (χ3v) is 6.03. The molecule has 0 saturated heterocycles. The highest BCUT2D eigenvalue weighted by Gasteiger charge is 2.12. The third kappa shape index (κ3) is 5.58. The van der Waals surface area contributed by atoms with E-state index >= 15 is 4.39 Å². The monoisotopic (exact) mass is 466 g/mol. The van der Waals surface area contributed by atoms with Crippen LogP contribution in [0.3, 0.4) is 0 Å². The Labute approximate surface area is 197 Å². The fourth-order valence-electron chi connectivity index (χ4n) is 4.14. The van der Waals surface area contributed by atoms with E-state index in [0.29, 0.717) is 40.3 Å². The van der Waals surface area contributed by atoms with E-state index in [1.807, 2.05) is 18.2 Å². The summed E-state index contributed by atoms with van der Waals surface area (Å²) in [4.78, 5) is 0. The third-order valence-electron chi connectivity index (χ3n) is 6.03. The van der Waals surface area contributed by atoms with Crippen molar-refractivity contribution in [2.75, 3.05) is 0 Å². The first-order valence-electron chi connectivity index (χ1n) is 11.5. The Hall–Kier alpha value is -3.34. The molecule has 0 aliphatic rings. The zero-order valence-corrected chi connectivity index (χ0v) is 19.0. The second kappa shape index (κ2) is 10.7. The summed E-state index contributed by atoms with van der Waals surface area (Å²) in [6.45, 7) is -0.754. The highest BCUT2D eigenvalue weighted by atomic mass is 19.3. The minimum Gasteiger partial charge on any atom is -0.435 e. The van der Waals surface area contributed by atoms with Crippen molar-refractivity contribution < 1.29 is 22.3 Å². The Balaban J connectivity index is 1.51. The first kappa shape index (κ1) is 23.8. The highest BCUT2D eigenvalue weighted by Crippen LogP contribution is 2.30. The molecule has 0 saturated carbocycles. The standard InChI is InChI=1S/C29H26F4O/c1-2-3-4-20-8-15-25(27(30)17-20)22-12-16-26-23(18-22)11-10-21(28(26)31)9-5-19-6-13-24(14-7-19)34-29(32)33/h6-8,10-18,29H,2-5,9H2,1H3. The average molecular weight is 467 g/mol. The zero-order chi connectivity index (χ0) is 24.1. The maximum Gasteiger partial charge on any atom is 0.387 e. The molecule has 0 aliphatic heterocycles. The molecule has 0 radical (unpaired) electrons. The minimum atomic E-state index is -2.86. The number of alkyl halides is 2. The molecule has 0 N–H and O–H groups in total. The van der Waals surface area contributed by atoms with Crippen LogP contribution >= 0.6 is 0 Å². The summed E-state index contributed by atoms with van der Waals surface area (Å²) in [6, 6.07) is 20.6. The van der Waals surface area contributed by atoms with E-state index in [1.54, 1.807) is 42.5 Å². The lowest BCUT2D eigenvalue weighted by atomic mass is 9.96. The predicted molar refractivity (Wildman–Crippen MR) is 128 cm³/mol. The minimum absolute atomic E-state index is 0.0958. The lowest BCUT2D eigenvalue weighted by Crippen LogP contribution is -2.02. The molecule has 34 heavy (non-hydrogen) atoms. The van der Waals surface area contributed by atoms with Gasteiger partial charge in [0.15, 0.2) is 0 Å². The molecule has 176 valence electrons. The topological polar surface area (TPSA) is 9.23 Å². The van der Waals surface area contributed by atoms with E-state index in [2.05, 4.69) is 11.7 Å². The summed E-state index contributed by atoms with van der Waals surface area (Å²) in [7, 11) is 0. The van der Waals surface area contributed by atoms with Crippen LogP contribution in [-0.2, 0) is 19.3 Å². The van der Waals surface area contributed by atoms with Crippen molar-refractivity contribution in [2.24, 2.45) is 0 Å². The van der Waals surface area contributed by atoms with Gasteiger partial charge in [-0.2, -0.15) is 8.78 Å². The number of aryl methyl sites for hydroxylation is 3. The molecule has 0 aromatic heterocycles. The predicted octanol–water partition coefficient (Wildman–Crippen LogP) is 8.51. The Morgan fingerprint density at radius 1 is 0.765 bits per heavy atom. The van der Waals surface area contributed by atoms with Gasteiger partial charge in [-0.3, -0.25) is 0 Å². The van der Waals surface area contributed by atoms with E-state index in [9.17, 15) is 13.2 Å². The molecule has 4 aromatic carbocycles. The fourth-order valence-corrected chi connectivity index (χ4v) is 4.14. The number of rotatable bonds is 9.